The Kier molecular flexibility index (Phi) is 3.74. The molecule has 4 nitrogen and oxygen atoms in total. The van der Waals surface area contributed by atoms with Gasteiger partial charge in [-0.3, -0.25) is 4.90 Å². The number of para-hydroxylation sites is 1. The van der Waals surface area contributed by atoms with Crippen LogP contribution in [0.4, 0.5) is 5.69 Å². The molecule has 1 aliphatic heterocycles. The molecule has 0 unspecified atom stereocenters. The molecular formula is C16H21N3O. The van der Waals surface area contributed by atoms with E-state index < -0.39 is 0 Å². The molecule has 0 saturated heterocycles. The van der Waals surface area contributed by atoms with Crippen LogP contribution in [0.15, 0.2) is 34.9 Å². The molecule has 0 radical (unpaired) electrons. The maximum atomic E-state index is 5.72. The van der Waals surface area contributed by atoms with Gasteiger partial charge in [-0.1, -0.05) is 25.1 Å². The standard InChI is InChI=1S/C16H21N3O/c1-3-14-10-17-16(20-14)12-19-9-8-18(2)15-7-5-4-6-13(15)11-19/h4-7,10H,3,8-9,11-12H2,1-2H3. The predicted molar refractivity (Wildman–Crippen MR) is 79.7 cm³/mol. The molecule has 0 amide bonds. The molecule has 0 fully saturated rings. The lowest BCUT2D eigenvalue weighted by atomic mass is 10.1. The van der Waals surface area contributed by atoms with E-state index in [1.165, 1.54) is 11.3 Å². The van der Waals surface area contributed by atoms with E-state index in [-0.39, 0.29) is 0 Å². The zero-order valence-corrected chi connectivity index (χ0v) is 12.2. The van der Waals surface area contributed by atoms with Crippen molar-refractivity contribution in [1.82, 2.24) is 9.88 Å². The molecule has 20 heavy (non-hydrogen) atoms. The van der Waals surface area contributed by atoms with Crippen LogP contribution < -0.4 is 4.90 Å². The topological polar surface area (TPSA) is 32.5 Å². The summed E-state index contributed by atoms with van der Waals surface area (Å²) in [6.07, 6.45) is 2.74. The summed E-state index contributed by atoms with van der Waals surface area (Å²) in [6.45, 7) is 5.86. The number of fused-ring (bicyclic) bond motifs is 1. The number of rotatable bonds is 3. The van der Waals surface area contributed by atoms with Crippen molar-refractivity contribution in [3.63, 3.8) is 0 Å². The van der Waals surface area contributed by atoms with Gasteiger partial charge < -0.3 is 9.32 Å². The maximum absolute atomic E-state index is 5.72. The minimum atomic E-state index is 0.780. The van der Waals surface area contributed by atoms with E-state index in [9.17, 15) is 0 Å². The van der Waals surface area contributed by atoms with Crippen LogP contribution in [0.3, 0.4) is 0 Å². The van der Waals surface area contributed by atoms with Gasteiger partial charge in [0.25, 0.3) is 0 Å². The summed E-state index contributed by atoms with van der Waals surface area (Å²) < 4.78 is 5.72. The van der Waals surface area contributed by atoms with Gasteiger partial charge in [0.05, 0.1) is 12.7 Å². The highest BCUT2D eigenvalue weighted by Crippen LogP contribution is 2.24. The van der Waals surface area contributed by atoms with E-state index in [4.69, 9.17) is 4.42 Å². The van der Waals surface area contributed by atoms with Crippen molar-refractivity contribution in [3.05, 3.63) is 47.7 Å². The average molecular weight is 271 g/mol. The van der Waals surface area contributed by atoms with E-state index in [2.05, 4.69) is 53.0 Å². The normalized spacial score (nSPS) is 16.0. The van der Waals surface area contributed by atoms with Crippen LogP contribution in [0.1, 0.15) is 24.1 Å². The molecule has 3 rings (SSSR count). The largest absolute Gasteiger partial charge is 0.444 e. The van der Waals surface area contributed by atoms with E-state index in [1.807, 2.05) is 6.20 Å². The minimum absolute atomic E-state index is 0.780. The number of anilines is 1. The van der Waals surface area contributed by atoms with E-state index >= 15 is 0 Å². The van der Waals surface area contributed by atoms with Crippen molar-refractivity contribution in [2.75, 3.05) is 25.0 Å². The molecule has 0 atom stereocenters. The summed E-state index contributed by atoms with van der Waals surface area (Å²) in [7, 11) is 2.16. The van der Waals surface area contributed by atoms with Crippen LogP contribution in [-0.4, -0.2) is 30.0 Å². The van der Waals surface area contributed by atoms with Gasteiger partial charge in [0.15, 0.2) is 0 Å². The number of benzene rings is 1. The number of hydrogen-bond donors (Lipinski definition) is 0. The Bertz CT molecular complexity index is 579. The van der Waals surface area contributed by atoms with Gasteiger partial charge in [-0.2, -0.15) is 0 Å². The third-order valence-corrected chi connectivity index (χ3v) is 3.86. The first-order chi connectivity index (χ1) is 9.76. The fourth-order valence-electron chi connectivity index (χ4n) is 2.66. The Morgan fingerprint density at radius 3 is 2.90 bits per heavy atom. The zero-order valence-electron chi connectivity index (χ0n) is 12.2. The highest BCUT2D eigenvalue weighted by Gasteiger charge is 2.18. The molecule has 0 aliphatic carbocycles. The highest BCUT2D eigenvalue weighted by molar-refractivity contribution is 5.53. The molecule has 1 aromatic heterocycles. The van der Waals surface area contributed by atoms with Crippen LogP contribution in [0, 0.1) is 0 Å². The number of likely N-dealkylation sites (N-methyl/N-ethyl adjacent to an activating group) is 1. The van der Waals surface area contributed by atoms with E-state index in [1.54, 1.807) is 0 Å². The second-order valence-electron chi connectivity index (χ2n) is 5.33. The van der Waals surface area contributed by atoms with Gasteiger partial charge in [-0.15, -0.1) is 0 Å². The first-order valence-corrected chi connectivity index (χ1v) is 7.21. The second kappa shape index (κ2) is 5.67. The van der Waals surface area contributed by atoms with Crippen molar-refractivity contribution < 1.29 is 4.42 Å². The molecule has 2 aromatic rings. The van der Waals surface area contributed by atoms with Crippen molar-refractivity contribution in [3.8, 4) is 0 Å². The molecule has 0 N–H and O–H groups in total. The van der Waals surface area contributed by atoms with Crippen molar-refractivity contribution >= 4 is 5.69 Å². The summed E-state index contributed by atoms with van der Waals surface area (Å²) in [5.74, 6) is 1.79. The Morgan fingerprint density at radius 2 is 2.10 bits per heavy atom. The number of oxazole rings is 1. The number of hydrogen-bond acceptors (Lipinski definition) is 4. The average Bonchev–Trinajstić information content (AvgIpc) is 2.86. The fourth-order valence-corrected chi connectivity index (χ4v) is 2.66. The summed E-state index contributed by atoms with van der Waals surface area (Å²) >= 11 is 0. The predicted octanol–water partition coefficient (Wildman–Crippen LogP) is 2.69. The zero-order chi connectivity index (χ0) is 13.9. The number of nitrogens with zero attached hydrogens (tertiary/aromatic N) is 3. The molecule has 4 heteroatoms. The lowest BCUT2D eigenvalue weighted by Gasteiger charge is -2.19. The van der Waals surface area contributed by atoms with Crippen LogP contribution in [0.2, 0.25) is 0 Å². The Balaban J connectivity index is 1.76. The van der Waals surface area contributed by atoms with Gasteiger partial charge in [-0.25, -0.2) is 4.98 Å². The molecule has 106 valence electrons. The van der Waals surface area contributed by atoms with Gasteiger partial charge in [0, 0.05) is 38.8 Å². The van der Waals surface area contributed by atoms with Crippen LogP contribution in [-0.2, 0) is 19.5 Å². The summed E-state index contributed by atoms with van der Waals surface area (Å²) in [6, 6.07) is 8.61. The number of aryl methyl sites for hydroxylation is 1. The van der Waals surface area contributed by atoms with Crippen LogP contribution in [0.5, 0.6) is 0 Å². The number of aromatic nitrogens is 1. The first kappa shape index (κ1) is 13.2. The summed E-state index contributed by atoms with van der Waals surface area (Å²) in [4.78, 5) is 9.08. The van der Waals surface area contributed by atoms with Crippen LogP contribution in [0.25, 0.3) is 0 Å². The smallest absolute Gasteiger partial charge is 0.208 e. The Labute approximate surface area is 120 Å². The second-order valence-corrected chi connectivity index (χ2v) is 5.33. The van der Waals surface area contributed by atoms with Crippen molar-refractivity contribution in [2.45, 2.75) is 26.4 Å². The van der Waals surface area contributed by atoms with E-state index in [0.29, 0.717) is 0 Å². The Morgan fingerprint density at radius 1 is 1.25 bits per heavy atom. The summed E-state index contributed by atoms with van der Waals surface area (Å²) in [5.41, 5.74) is 2.70. The third kappa shape index (κ3) is 2.70. The van der Waals surface area contributed by atoms with E-state index in [0.717, 1.165) is 44.3 Å². The monoisotopic (exact) mass is 271 g/mol. The molecule has 0 bridgehead atoms. The SMILES string of the molecule is CCc1cnc(CN2CCN(C)c3ccccc3C2)o1. The molecule has 0 spiro atoms. The maximum Gasteiger partial charge on any atom is 0.208 e. The quantitative estimate of drug-likeness (QED) is 0.859. The molecule has 2 heterocycles. The summed E-state index contributed by atoms with van der Waals surface area (Å²) in [5, 5.41) is 0. The van der Waals surface area contributed by atoms with Crippen LogP contribution >= 0.6 is 0 Å². The highest BCUT2D eigenvalue weighted by atomic mass is 16.4. The molecule has 1 aliphatic rings. The van der Waals surface area contributed by atoms with Crippen molar-refractivity contribution in [1.29, 1.82) is 0 Å². The third-order valence-electron chi connectivity index (χ3n) is 3.86. The first-order valence-electron chi connectivity index (χ1n) is 7.21. The Hall–Kier alpha value is -1.81. The van der Waals surface area contributed by atoms with Crippen molar-refractivity contribution in [2.24, 2.45) is 0 Å². The van der Waals surface area contributed by atoms with Gasteiger partial charge in [-0.05, 0) is 11.6 Å². The molecule has 1 aromatic carbocycles. The lowest BCUT2D eigenvalue weighted by Crippen LogP contribution is -2.29. The van der Waals surface area contributed by atoms with Gasteiger partial charge >= 0.3 is 0 Å². The minimum Gasteiger partial charge on any atom is -0.444 e. The molecule has 0 saturated carbocycles. The molecular weight excluding hydrogens is 250 g/mol. The lowest BCUT2D eigenvalue weighted by molar-refractivity contribution is 0.238. The van der Waals surface area contributed by atoms with Gasteiger partial charge in [0.2, 0.25) is 5.89 Å². The van der Waals surface area contributed by atoms with Gasteiger partial charge in [0.1, 0.15) is 5.76 Å². The fraction of sp³-hybridized carbons (Fsp3) is 0.438.